The Morgan fingerprint density at radius 2 is 2.17 bits per heavy atom. The summed E-state index contributed by atoms with van der Waals surface area (Å²) in [4.78, 5) is 16.0. The number of aromatic nitrogens is 4. The predicted molar refractivity (Wildman–Crippen MR) is 88.8 cm³/mol. The molecule has 0 saturated heterocycles. The van der Waals surface area contributed by atoms with Crippen molar-refractivity contribution in [3.05, 3.63) is 53.7 Å². The van der Waals surface area contributed by atoms with Crippen LogP contribution in [-0.4, -0.2) is 32.2 Å². The maximum Gasteiger partial charge on any atom is 0.305 e. The van der Waals surface area contributed by atoms with Gasteiger partial charge in [0.2, 0.25) is 0 Å². The van der Waals surface area contributed by atoms with Crippen molar-refractivity contribution in [1.29, 1.82) is 0 Å². The summed E-state index contributed by atoms with van der Waals surface area (Å²) in [6.45, 7) is 0.601. The second-order valence-corrected chi connectivity index (χ2v) is 6.29. The van der Waals surface area contributed by atoms with Crippen LogP contribution in [0.25, 0.3) is 5.65 Å². The molecule has 0 aliphatic heterocycles. The highest BCUT2D eigenvalue weighted by atomic mass is 16.5. The van der Waals surface area contributed by atoms with Gasteiger partial charge in [0.25, 0.3) is 0 Å². The number of ether oxygens (including phenoxy) is 1. The fraction of sp³-hybridized carbons (Fsp3) is 0.389. The number of aryl methyl sites for hydroxylation is 1. The molecular formula is C18H20N4O2. The van der Waals surface area contributed by atoms with Gasteiger partial charge in [-0.1, -0.05) is 6.07 Å². The summed E-state index contributed by atoms with van der Waals surface area (Å²) >= 11 is 0. The first-order chi connectivity index (χ1) is 11.7. The number of hydrogen-bond acceptors (Lipinski definition) is 4. The highest BCUT2D eigenvalue weighted by Gasteiger charge is 2.23. The summed E-state index contributed by atoms with van der Waals surface area (Å²) in [5, 5.41) is 4.36. The van der Waals surface area contributed by atoms with Crippen LogP contribution in [0.15, 0.2) is 36.8 Å². The van der Waals surface area contributed by atoms with Crippen LogP contribution in [0, 0.1) is 0 Å². The van der Waals surface area contributed by atoms with E-state index in [0.29, 0.717) is 19.4 Å². The zero-order valence-electron chi connectivity index (χ0n) is 13.7. The third-order valence-electron chi connectivity index (χ3n) is 4.50. The molecule has 1 aliphatic rings. The largest absolute Gasteiger partial charge is 0.469 e. The minimum Gasteiger partial charge on any atom is -0.469 e. The Balaban J connectivity index is 1.52. The standard InChI is InChI=1S/C18H20N4O2/c1-24-18(23)7-5-16-8-9-19-22(16)12-15-11-21-10-14(13-2-3-13)4-6-17(21)20-15/h4,6,8-11,13H,2-3,5,7,12H2,1H3. The molecule has 6 nitrogen and oxygen atoms in total. The lowest BCUT2D eigenvalue weighted by atomic mass is 10.2. The van der Waals surface area contributed by atoms with Gasteiger partial charge in [-0.05, 0) is 42.9 Å². The summed E-state index contributed by atoms with van der Waals surface area (Å²) in [6.07, 6.45) is 9.57. The van der Waals surface area contributed by atoms with Gasteiger partial charge in [0, 0.05) is 24.3 Å². The van der Waals surface area contributed by atoms with E-state index >= 15 is 0 Å². The molecule has 0 radical (unpaired) electrons. The van der Waals surface area contributed by atoms with E-state index in [9.17, 15) is 4.79 Å². The first kappa shape index (κ1) is 14.9. The Kier molecular flexibility index (Phi) is 3.80. The second-order valence-electron chi connectivity index (χ2n) is 6.29. The lowest BCUT2D eigenvalue weighted by molar-refractivity contribution is -0.140. The zero-order valence-corrected chi connectivity index (χ0v) is 13.7. The molecule has 3 aromatic rings. The Morgan fingerprint density at radius 1 is 1.29 bits per heavy atom. The number of imidazole rings is 1. The molecule has 0 amide bonds. The summed E-state index contributed by atoms with van der Waals surface area (Å²) in [6, 6.07) is 6.20. The number of carbonyl (C=O) groups excluding carboxylic acids is 1. The maximum atomic E-state index is 11.3. The molecule has 124 valence electrons. The van der Waals surface area contributed by atoms with Gasteiger partial charge in [0.1, 0.15) is 5.65 Å². The number of nitrogens with zero attached hydrogens (tertiary/aromatic N) is 4. The Labute approximate surface area is 140 Å². The average molecular weight is 324 g/mol. The van der Waals surface area contributed by atoms with Crippen molar-refractivity contribution in [3.63, 3.8) is 0 Å². The summed E-state index contributed by atoms with van der Waals surface area (Å²) in [7, 11) is 1.41. The van der Waals surface area contributed by atoms with E-state index < -0.39 is 0 Å². The van der Waals surface area contributed by atoms with Gasteiger partial charge < -0.3 is 9.14 Å². The van der Waals surface area contributed by atoms with Crippen LogP contribution >= 0.6 is 0 Å². The summed E-state index contributed by atoms with van der Waals surface area (Å²) in [5.74, 6) is 0.527. The molecule has 0 bridgehead atoms. The first-order valence-corrected chi connectivity index (χ1v) is 8.28. The minimum absolute atomic E-state index is 0.205. The van der Waals surface area contributed by atoms with Crippen molar-refractivity contribution in [2.24, 2.45) is 0 Å². The minimum atomic E-state index is -0.205. The van der Waals surface area contributed by atoms with Gasteiger partial charge in [0.05, 0.1) is 25.8 Å². The third kappa shape index (κ3) is 3.04. The molecular weight excluding hydrogens is 304 g/mol. The quantitative estimate of drug-likeness (QED) is 0.654. The highest BCUT2D eigenvalue weighted by molar-refractivity contribution is 5.69. The van der Waals surface area contributed by atoms with Crippen molar-refractivity contribution in [2.75, 3.05) is 7.11 Å². The molecule has 1 aliphatic carbocycles. The van der Waals surface area contributed by atoms with E-state index in [0.717, 1.165) is 23.0 Å². The number of rotatable bonds is 6. The summed E-state index contributed by atoms with van der Waals surface area (Å²) in [5.41, 5.74) is 4.32. The monoisotopic (exact) mass is 324 g/mol. The molecule has 0 unspecified atom stereocenters. The Bertz CT molecular complexity index is 876. The van der Waals surface area contributed by atoms with Crippen molar-refractivity contribution in [2.45, 2.75) is 38.1 Å². The van der Waals surface area contributed by atoms with Crippen molar-refractivity contribution < 1.29 is 9.53 Å². The van der Waals surface area contributed by atoms with E-state index in [4.69, 9.17) is 4.74 Å². The van der Waals surface area contributed by atoms with Crippen LogP contribution in [-0.2, 0) is 22.5 Å². The lowest BCUT2D eigenvalue weighted by Crippen LogP contribution is -2.09. The number of methoxy groups -OCH3 is 1. The normalized spacial score (nSPS) is 14.2. The Hall–Kier alpha value is -2.63. The van der Waals surface area contributed by atoms with Crippen LogP contribution in [0.3, 0.4) is 0 Å². The van der Waals surface area contributed by atoms with Gasteiger partial charge in [-0.15, -0.1) is 0 Å². The lowest BCUT2D eigenvalue weighted by Gasteiger charge is -2.05. The van der Waals surface area contributed by atoms with Crippen molar-refractivity contribution in [1.82, 2.24) is 19.2 Å². The van der Waals surface area contributed by atoms with Crippen LogP contribution in [0.4, 0.5) is 0 Å². The van der Waals surface area contributed by atoms with E-state index in [1.165, 1.54) is 25.5 Å². The topological polar surface area (TPSA) is 61.4 Å². The Morgan fingerprint density at radius 3 is 2.96 bits per heavy atom. The highest BCUT2D eigenvalue weighted by Crippen LogP contribution is 2.39. The number of esters is 1. The van der Waals surface area contributed by atoms with Crippen LogP contribution in [0.5, 0.6) is 0 Å². The SMILES string of the molecule is COC(=O)CCc1ccnn1Cc1cn2cc(C3CC3)ccc2n1. The fourth-order valence-electron chi connectivity index (χ4n) is 3.00. The molecule has 3 aromatic heterocycles. The summed E-state index contributed by atoms with van der Waals surface area (Å²) < 4.78 is 8.69. The van der Waals surface area contributed by atoms with E-state index in [-0.39, 0.29) is 5.97 Å². The number of fused-ring (bicyclic) bond motifs is 1. The van der Waals surface area contributed by atoms with Crippen LogP contribution in [0.2, 0.25) is 0 Å². The van der Waals surface area contributed by atoms with E-state index in [1.807, 2.05) is 10.7 Å². The molecule has 1 saturated carbocycles. The zero-order chi connectivity index (χ0) is 16.5. The predicted octanol–water partition coefficient (Wildman–Crippen LogP) is 2.56. The molecule has 0 aromatic carbocycles. The molecule has 0 N–H and O–H groups in total. The molecule has 4 rings (SSSR count). The third-order valence-corrected chi connectivity index (χ3v) is 4.50. The van der Waals surface area contributed by atoms with Crippen LogP contribution < -0.4 is 0 Å². The van der Waals surface area contributed by atoms with Crippen molar-refractivity contribution in [3.8, 4) is 0 Å². The van der Waals surface area contributed by atoms with Gasteiger partial charge in [-0.2, -0.15) is 5.10 Å². The number of carbonyl (C=O) groups is 1. The average Bonchev–Trinajstić information content (AvgIpc) is 3.23. The van der Waals surface area contributed by atoms with Crippen LogP contribution in [0.1, 0.15) is 42.1 Å². The molecule has 0 spiro atoms. The van der Waals surface area contributed by atoms with E-state index in [1.54, 1.807) is 6.20 Å². The molecule has 3 heterocycles. The molecule has 24 heavy (non-hydrogen) atoms. The molecule has 0 atom stereocenters. The maximum absolute atomic E-state index is 11.3. The van der Waals surface area contributed by atoms with Gasteiger partial charge in [0.15, 0.2) is 0 Å². The number of pyridine rings is 1. The number of hydrogen-bond donors (Lipinski definition) is 0. The molecule has 1 fully saturated rings. The van der Waals surface area contributed by atoms with Crippen molar-refractivity contribution >= 4 is 11.6 Å². The van der Waals surface area contributed by atoms with E-state index in [2.05, 4.69) is 39.0 Å². The van der Waals surface area contributed by atoms with Gasteiger partial charge >= 0.3 is 5.97 Å². The smallest absolute Gasteiger partial charge is 0.305 e. The fourth-order valence-corrected chi connectivity index (χ4v) is 3.00. The van der Waals surface area contributed by atoms with Gasteiger partial charge in [-0.25, -0.2) is 4.98 Å². The first-order valence-electron chi connectivity index (χ1n) is 8.28. The second kappa shape index (κ2) is 6.11. The van der Waals surface area contributed by atoms with Gasteiger partial charge in [-0.3, -0.25) is 9.48 Å². The molecule has 6 heteroatoms.